The monoisotopic (exact) mass is 301 g/mol. The fourth-order valence-corrected chi connectivity index (χ4v) is 2.38. The maximum atomic E-state index is 13.6. The summed E-state index contributed by atoms with van der Waals surface area (Å²) in [6, 6.07) is 11.9. The van der Waals surface area contributed by atoms with Crippen molar-refractivity contribution in [3.05, 3.63) is 65.0 Å². The highest BCUT2D eigenvalue weighted by Gasteiger charge is 2.15. The number of hydrogen-bond donors (Lipinski definition) is 1. The van der Waals surface area contributed by atoms with Crippen molar-refractivity contribution in [1.29, 1.82) is 0 Å². The van der Waals surface area contributed by atoms with E-state index in [0.29, 0.717) is 5.56 Å². The summed E-state index contributed by atoms with van der Waals surface area (Å²) in [5, 5.41) is 2.89. The number of benzene rings is 2. The maximum absolute atomic E-state index is 13.6. The minimum atomic E-state index is -0.363. The van der Waals surface area contributed by atoms with Gasteiger partial charge in [-0.1, -0.05) is 35.9 Å². The van der Waals surface area contributed by atoms with E-state index < -0.39 is 0 Å². The normalized spacial score (nSPS) is 11.8. The average Bonchev–Trinajstić information content (AvgIpc) is 2.49. The summed E-state index contributed by atoms with van der Waals surface area (Å²) in [7, 11) is 1.60. The van der Waals surface area contributed by atoms with Gasteiger partial charge in [0.05, 0.1) is 19.6 Å². The molecule has 1 N–H and O–H groups in total. The molecular weight excluding hydrogens is 281 g/mol. The van der Waals surface area contributed by atoms with Crippen LogP contribution in [0.1, 0.15) is 29.7 Å². The molecule has 0 fully saturated rings. The third-order valence-electron chi connectivity index (χ3n) is 3.54. The molecule has 0 bridgehead atoms. The Morgan fingerprint density at radius 1 is 1.27 bits per heavy atom. The lowest BCUT2D eigenvalue weighted by Crippen LogP contribution is -2.28. The molecule has 2 aromatic rings. The molecule has 0 saturated carbocycles. The van der Waals surface area contributed by atoms with Crippen molar-refractivity contribution in [3.63, 3.8) is 0 Å². The van der Waals surface area contributed by atoms with Crippen LogP contribution in [0.3, 0.4) is 0 Å². The van der Waals surface area contributed by atoms with Gasteiger partial charge in [-0.05, 0) is 31.5 Å². The van der Waals surface area contributed by atoms with E-state index >= 15 is 0 Å². The van der Waals surface area contributed by atoms with Gasteiger partial charge in [-0.2, -0.15) is 0 Å². The Hall–Kier alpha value is -2.36. The average molecular weight is 301 g/mol. The number of carbonyl (C=O) groups excluding carboxylic acids is 1. The van der Waals surface area contributed by atoms with Crippen molar-refractivity contribution in [2.75, 3.05) is 7.11 Å². The van der Waals surface area contributed by atoms with Crippen molar-refractivity contribution < 1.29 is 13.9 Å². The van der Waals surface area contributed by atoms with E-state index in [0.717, 1.165) is 16.9 Å². The van der Waals surface area contributed by atoms with Crippen molar-refractivity contribution in [3.8, 4) is 5.75 Å². The second kappa shape index (κ2) is 7.07. The number of hydrogen-bond acceptors (Lipinski definition) is 2. The van der Waals surface area contributed by atoms with Crippen LogP contribution >= 0.6 is 0 Å². The molecule has 2 rings (SSSR count). The molecule has 1 atom stereocenters. The van der Waals surface area contributed by atoms with E-state index in [2.05, 4.69) is 5.32 Å². The van der Waals surface area contributed by atoms with Gasteiger partial charge in [-0.25, -0.2) is 4.39 Å². The van der Waals surface area contributed by atoms with Crippen molar-refractivity contribution in [2.24, 2.45) is 0 Å². The second-order valence-electron chi connectivity index (χ2n) is 5.30. The largest absolute Gasteiger partial charge is 0.496 e. The summed E-state index contributed by atoms with van der Waals surface area (Å²) in [5.74, 6) is 0.142. The molecule has 0 aromatic heterocycles. The standard InChI is InChI=1S/C18H20FNO2/c1-12-8-9-17(22-3)15(10-12)13(2)20-18(21)11-14-6-4-5-7-16(14)19/h4-10,13H,11H2,1-3H3,(H,20,21)/t13-/m1/s1. The fraction of sp³-hybridized carbons (Fsp3) is 0.278. The number of carbonyl (C=O) groups is 1. The van der Waals surface area contributed by atoms with Gasteiger partial charge in [0.1, 0.15) is 11.6 Å². The zero-order valence-electron chi connectivity index (χ0n) is 13.0. The number of ether oxygens (including phenoxy) is 1. The van der Waals surface area contributed by atoms with Crippen LogP contribution in [0.25, 0.3) is 0 Å². The van der Waals surface area contributed by atoms with E-state index in [1.54, 1.807) is 25.3 Å². The SMILES string of the molecule is COc1ccc(C)cc1[C@@H](C)NC(=O)Cc1ccccc1F. The van der Waals surface area contributed by atoms with Gasteiger partial charge in [0.2, 0.25) is 5.91 Å². The van der Waals surface area contributed by atoms with Gasteiger partial charge in [-0.15, -0.1) is 0 Å². The zero-order valence-corrected chi connectivity index (χ0v) is 13.0. The molecule has 0 aliphatic carbocycles. The highest BCUT2D eigenvalue weighted by Crippen LogP contribution is 2.26. The van der Waals surface area contributed by atoms with E-state index in [1.165, 1.54) is 6.07 Å². The van der Waals surface area contributed by atoms with E-state index in [9.17, 15) is 9.18 Å². The summed E-state index contributed by atoms with van der Waals surface area (Å²) in [4.78, 5) is 12.1. The summed E-state index contributed by atoms with van der Waals surface area (Å²) in [6.07, 6.45) is 0.0190. The Kier molecular flexibility index (Phi) is 5.15. The third kappa shape index (κ3) is 3.85. The van der Waals surface area contributed by atoms with Gasteiger partial charge in [-0.3, -0.25) is 4.79 Å². The van der Waals surface area contributed by atoms with Crippen molar-refractivity contribution in [2.45, 2.75) is 26.3 Å². The molecule has 116 valence electrons. The maximum Gasteiger partial charge on any atom is 0.225 e. The van der Waals surface area contributed by atoms with Crippen LogP contribution in [0.4, 0.5) is 4.39 Å². The van der Waals surface area contributed by atoms with Crippen molar-refractivity contribution >= 4 is 5.91 Å². The smallest absolute Gasteiger partial charge is 0.225 e. The molecule has 22 heavy (non-hydrogen) atoms. The molecule has 0 radical (unpaired) electrons. The summed E-state index contributed by atoms with van der Waals surface area (Å²) >= 11 is 0. The number of nitrogens with one attached hydrogen (secondary N) is 1. The molecule has 2 aromatic carbocycles. The van der Waals surface area contributed by atoms with Crippen LogP contribution in [0, 0.1) is 12.7 Å². The molecule has 0 aliphatic rings. The minimum absolute atomic E-state index is 0.0190. The van der Waals surface area contributed by atoms with Crippen LogP contribution in [-0.4, -0.2) is 13.0 Å². The lowest BCUT2D eigenvalue weighted by Gasteiger charge is -2.18. The topological polar surface area (TPSA) is 38.3 Å². The van der Waals surface area contributed by atoms with Crippen LogP contribution in [0.15, 0.2) is 42.5 Å². The van der Waals surface area contributed by atoms with Gasteiger partial charge >= 0.3 is 0 Å². The second-order valence-corrected chi connectivity index (χ2v) is 5.30. The lowest BCUT2D eigenvalue weighted by molar-refractivity contribution is -0.121. The predicted octanol–water partition coefficient (Wildman–Crippen LogP) is 3.56. The lowest BCUT2D eigenvalue weighted by atomic mass is 10.0. The predicted molar refractivity (Wildman–Crippen MR) is 84.4 cm³/mol. The molecule has 0 heterocycles. The fourth-order valence-electron chi connectivity index (χ4n) is 2.38. The third-order valence-corrected chi connectivity index (χ3v) is 3.54. The Morgan fingerprint density at radius 2 is 2.00 bits per heavy atom. The molecule has 3 nitrogen and oxygen atoms in total. The Bertz CT molecular complexity index is 670. The van der Waals surface area contributed by atoms with Gasteiger partial charge in [0, 0.05) is 5.56 Å². The van der Waals surface area contributed by atoms with Gasteiger partial charge in [0.15, 0.2) is 0 Å². The number of aryl methyl sites for hydroxylation is 1. The van der Waals surface area contributed by atoms with Crippen LogP contribution < -0.4 is 10.1 Å². The Balaban J connectivity index is 2.09. The van der Waals surface area contributed by atoms with Crippen LogP contribution in [0.5, 0.6) is 5.75 Å². The van der Waals surface area contributed by atoms with Crippen molar-refractivity contribution in [1.82, 2.24) is 5.32 Å². The number of methoxy groups -OCH3 is 1. The first-order valence-electron chi connectivity index (χ1n) is 7.18. The highest BCUT2D eigenvalue weighted by atomic mass is 19.1. The van der Waals surface area contributed by atoms with E-state index in [1.807, 2.05) is 32.0 Å². The Morgan fingerprint density at radius 3 is 2.68 bits per heavy atom. The summed E-state index contributed by atoms with van der Waals surface area (Å²) in [5.41, 5.74) is 2.39. The number of halogens is 1. The molecule has 0 spiro atoms. The minimum Gasteiger partial charge on any atom is -0.496 e. The summed E-state index contributed by atoms with van der Waals surface area (Å²) in [6.45, 7) is 3.87. The van der Waals surface area contributed by atoms with Crippen LogP contribution in [0.2, 0.25) is 0 Å². The first-order chi connectivity index (χ1) is 10.5. The van der Waals surface area contributed by atoms with E-state index in [-0.39, 0.29) is 24.2 Å². The number of rotatable bonds is 5. The quantitative estimate of drug-likeness (QED) is 0.917. The first-order valence-corrected chi connectivity index (χ1v) is 7.18. The van der Waals surface area contributed by atoms with E-state index in [4.69, 9.17) is 4.74 Å². The highest BCUT2D eigenvalue weighted by molar-refractivity contribution is 5.79. The molecule has 1 amide bonds. The van der Waals surface area contributed by atoms with Gasteiger partial charge in [0.25, 0.3) is 0 Å². The first kappa shape index (κ1) is 16.0. The van der Waals surface area contributed by atoms with Crippen LogP contribution in [-0.2, 0) is 11.2 Å². The molecular formula is C18H20FNO2. The Labute approximate surface area is 130 Å². The number of amides is 1. The molecule has 4 heteroatoms. The zero-order chi connectivity index (χ0) is 16.1. The molecule has 0 unspecified atom stereocenters. The molecule has 0 saturated heterocycles. The summed E-state index contributed by atoms with van der Waals surface area (Å²) < 4.78 is 18.9. The molecule has 0 aliphatic heterocycles. The van der Waals surface area contributed by atoms with Gasteiger partial charge < -0.3 is 10.1 Å².